The van der Waals surface area contributed by atoms with E-state index in [2.05, 4.69) is 29.5 Å². The van der Waals surface area contributed by atoms with Crippen LogP contribution in [0.3, 0.4) is 0 Å². The number of pyridine rings is 1. The number of carbonyl (C=O) groups excluding carboxylic acids is 2. The van der Waals surface area contributed by atoms with E-state index in [0.717, 1.165) is 6.42 Å². The summed E-state index contributed by atoms with van der Waals surface area (Å²) < 4.78 is 12.0. The number of anilines is 2. The summed E-state index contributed by atoms with van der Waals surface area (Å²) in [6, 6.07) is 5.00. The number of aryl methyl sites for hydroxylation is 1. The zero-order valence-electron chi connectivity index (χ0n) is 18.8. The van der Waals surface area contributed by atoms with Crippen molar-refractivity contribution in [3.8, 4) is 0 Å². The fourth-order valence-electron chi connectivity index (χ4n) is 3.37. The monoisotopic (exact) mass is 442 g/mol. The van der Waals surface area contributed by atoms with Crippen LogP contribution in [0.2, 0.25) is 0 Å². The molecule has 9 nitrogen and oxygen atoms in total. The zero-order chi connectivity index (χ0) is 23.3. The second kappa shape index (κ2) is 10.3. The van der Waals surface area contributed by atoms with Crippen LogP contribution < -0.4 is 10.6 Å². The predicted octanol–water partition coefficient (Wildman–Crippen LogP) is 3.90. The predicted molar refractivity (Wildman–Crippen MR) is 122 cm³/mol. The number of ether oxygens (including phenoxy) is 1. The van der Waals surface area contributed by atoms with Gasteiger partial charge >= 0.3 is 5.97 Å². The number of nitrogens with zero attached hydrogens (tertiary/aromatic N) is 2. The Morgan fingerprint density at radius 2 is 2.06 bits per heavy atom. The van der Waals surface area contributed by atoms with Crippen molar-refractivity contribution in [3.63, 3.8) is 0 Å². The van der Waals surface area contributed by atoms with Crippen LogP contribution in [0.15, 0.2) is 35.1 Å². The lowest BCUT2D eigenvalue weighted by Crippen LogP contribution is -2.17. The normalized spacial score (nSPS) is 12.2. The molecule has 0 aliphatic rings. The number of aromatic nitrogens is 2. The second-order valence-corrected chi connectivity index (χ2v) is 8.14. The van der Waals surface area contributed by atoms with Crippen molar-refractivity contribution in [2.45, 2.75) is 46.3 Å². The van der Waals surface area contributed by atoms with Crippen LogP contribution in [0, 0.1) is 5.92 Å². The minimum atomic E-state index is -0.565. The minimum absolute atomic E-state index is 0.128. The molecule has 32 heavy (non-hydrogen) atoms. The molecule has 1 atom stereocenters. The molecular weight excluding hydrogens is 412 g/mol. The molecule has 3 aromatic heterocycles. The van der Waals surface area contributed by atoms with Gasteiger partial charge in [0.2, 0.25) is 0 Å². The molecule has 3 heterocycles. The van der Waals surface area contributed by atoms with Gasteiger partial charge in [0.1, 0.15) is 5.65 Å². The number of carbonyl (C=O) groups is 2. The van der Waals surface area contributed by atoms with Crippen molar-refractivity contribution >= 4 is 34.3 Å². The molecule has 0 radical (unpaired) electrons. The molecule has 1 unspecified atom stereocenters. The summed E-state index contributed by atoms with van der Waals surface area (Å²) in [5.74, 6) is -0.510. The fourth-order valence-corrected chi connectivity index (χ4v) is 3.37. The third-order valence-electron chi connectivity index (χ3n) is 5.08. The molecule has 0 saturated carbocycles. The molecule has 1 amide bonds. The average molecular weight is 443 g/mol. The highest BCUT2D eigenvalue weighted by atomic mass is 16.5. The number of amides is 1. The number of fused-ring (bicyclic) bond motifs is 1. The van der Waals surface area contributed by atoms with Crippen molar-refractivity contribution in [1.29, 1.82) is 0 Å². The Labute approximate surface area is 186 Å². The Morgan fingerprint density at radius 1 is 1.28 bits per heavy atom. The Balaban J connectivity index is 2.10. The molecule has 3 aromatic rings. The molecule has 0 aliphatic carbocycles. The standard InChI is InChI=1S/C23H30N4O5/c1-14(2)8-10-27-20(23(30)31-4)19(26-22(29)18-6-5-11-32-18)17-12-16(13-25-21(17)27)24-9-7-15(3)28/h5-6,11-15,24,28H,7-10H2,1-4H3,(H,26,29). The maximum absolute atomic E-state index is 12.8. The van der Waals surface area contributed by atoms with Crippen LogP contribution in [0.1, 0.15) is 54.7 Å². The van der Waals surface area contributed by atoms with E-state index in [9.17, 15) is 14.7 Å². The van der Waals surface area contributed by atoms with Crippen LogP contribution in [-0.2, 0) is 11.3 Å². The topological polar surface area (TPSA) is 119 Å². The summed E-state index contributed by atoms with van der Waals surface area (Å²) in [6.45, 7) is 7.01. The van der Waals surface area contributed by atoms with Gasteiger partial charge in [-0.2, -0.15) is 0 Å². The third-order valence-corrected chi connectivity index (χ3v) is 5.08. The molecule has 0 saturated heterocycles. The van der Waals surface area contributed by atoms with Gasteiger partial charge < -0.3 is 29.5 Å². The van der Waals surface area contributed by atoms with Gasteiger partial charge in [0.05, 0.1) is 37.0 Å². The van der Waals surface area contributed by atoms with E-state index < -0.39 is 18.0 Å². The van der Waals surface area contributed by atoms with Gasteiger partial charge in [-0.25, -0.2) is 9.78 Å². The largest absolute Gasteiger partial charge is 0.464 e. The lowest BCUT2D eigenvalue weighted by Gasteiger charge is -2.12. The Bertz CT molecular complexity index is 1070. The van der Waals surface area contributed by atoms with Gasteiger partial charge in [-0.15, -0.1) is 0 Å². The first-order valence-electron chi connectivity index (χ1n) is 10.7. The minimum Gasteiger partial charge on any atom is -0.464 e. The summed E-state index contributed by atoms with van der Waals surface area (Å²) in [5.41, 5.74) is 1.84. The smallest absolute Gasteiger partial charge is 0.356 e. The maximum atomic E-state index is 12.8. The van der Waals surface area contributed by atoms with Crippen LogP contribution in [0.5, 0.6) is 0 Å². The first-order chi connectivity index (χ1) is 15.3. The zero-order valence-corrected chi connectivity index (χ0v) is 18.8. The Hall–Kier alpha value is -3.33. The van der Waals surface area contributed by atoms with Crippen molar-refractivity contribution in [2.24, 2.45) is 5.92 Å². The van der Waals surface area contributed by atoms with E-state index in [0.29, 0.717) is 47.8 Å². The quantitative estimate of drug-likeness (QED) is 0.408. The number of hydrogen-bond donors (Lipinski definition) is 3. The lowest BCUT2D eigenvalue weighted by atomic mass is 10.1. The van der Waals surface area contributed by atoms with Gasteiger partial charge in [-0.1, -0.05) is 13.8 Å². The van der Waals surface area contributed by atoms with Gasteiger partial charge in [-0.3, -0.25) is 4.79 Å². The molecule has 0 bridgehead atoms. The number of aliphatic hydroxyl groups is 1. The maximum Gasteiger partial charge on any atom is 0.356 e. The molecule has 0 aliphatic heterocycles. The lowest BCUT2D eigenvalue weighted by molar-refractivity contribution is 0.0589. The Kier molecular flexibility index (Phi) is 7.53. The van der Waals surface area contributed by atoms with E-state index in [1.165, 1.54) is 13.4 Å². The van der Waals surface area contributed by atoms with E-state index >= 15 is 0 Å². The van der Waals surface area contributed by atoms with Gasteiger partial charge in [-0.05, 0) is 43.9 Å². The SMILES string of the molecule is COC(=O)c1c(NC(=O)c2ccco2)c2cc(NCCC(C)O)cnc2n1CCC(C)C. The molecule has 3 rings (SSSR count). The number of furan rings is 1. The summed E-state index contributed by atoms with van der Waals surface area (Å²) in [4.78, 5) is 30.1. The van der Waals surface area contributed by atoms with Crippen molar-refractivity contribution < 1.29 is 23.8 Å². The van der Waals surface area contributed by atoms with Crippen molar-refractivity contribution in [2.75, 3.05) is 24.3 Å². The first kappa shape index (κ1) is 23.3. The molecule has 172 valence electrons. The molecule has 0 aromatic carbocycles. The Morgan fingerprint density at radius 3 is 2.69 bits per heavy atom. The van der Waals surface area contributed by atoms with Crippen LogP contribution >= 0.6 is 0 Å². The number of hydrogen-bond acceptors (Lipinski definition) is 7. The van der Waals surface area contributed by atoms with Gasteiger partial charge in [0.15, 0.2) is 11.5 Å². The van der Waals surface area contributed by atoms with E-state index in [1.807, 2.05) is 6.07 Å². The highest BCUT2D eigenvalue weighted by molar-refractivity contribution is 6.14. The number of rotatable bonds is 10. The summed E-state index contributed by atoms with van der Waals surface area (Å²) in [7, 11) is 1.31. The van der Waals surface area contributed by atoms with Crippen LogP contribution in [0.4, 0.5) is 11.4 Å². The molecule has 9 heteroatoms. The molecule has 0 fully saturated rings. The summed E-state index contributed by atoms with van der Waals surface area (Å²) >= 11 is 0. The third kappa shape index (κ3) is 5.28. The summed E-state index contributed by atoms with van der Waals surface area (Å²) in [6.07, 6.45) is 4.05. The first-order valence-corrected chi connectivity index (χ1v) is 10.7. The van der Waals surface area contributed by atoms with Gasteiger partial charge in [0.25, 0.3) is 5.91 Å². The average Bonchev–Trinajstić information content (AvgIpc) is 3.38. The van der Waals surface area contributed by atoms with Crippen molar-refractivity contribution in [3.05, 3.63) is 42.1 Å². The number of aliphatic hydroxyl groups excluding tert-OH is 1. The second-order valence-electron chi connectivity index (χ2n) is 8.14. The van der Waals surface area contributed by atoms with E-state index in [-0.39, 0.29) is 11.5 Å². The molecule has 3 N–H and O–H groups in total. The van der Waals surface area contributed by atoms with E-state index in [4.69, 9.17) is 9.15 Å². The molecule has 0 spiro atoms. The fraction of sp³-hybridized carbons (Fsp3) is 0.435. The number of esters is 1. The van der Waals surface area contributed by atoms with Crippen LogP contribution in [-0.4, -0.2) is 46.3 Å². The van der Waals surface area contributed by atoms with Crippen molar-refractivity contribution in [1.82, 2.24) is 9.55 Å². The highest BCUT2D eigenvalue weighted by Gasteiger charge is 2.27. The molecular formula is C23H30N4O5. The van der Waals surface area contributed by atoms with Crippen LogP contribution in [0.25, 0.3) is 11.0 Å². The number of methoxy groups -OCH3 is 1. The summed E-state index contributed by atoms with van der Waals surface area (Å²) in [5, 5.41) is 16.1. The van der Waals surface area contributed by atoms with Gasteiger partial charge in [0, 0.05) is 18.5 Å². The number of nitrogens with one attached hydrogen (secondary N) is 2. The highest BCUT2D eigenvalue weighted by Crippen LogP contribution is 2.33. The van der Waals surface area contributed by atoms with E-state index in [1.54, 1.807) is 29.8 Å².